The van der Waals surface area contributed by atoms with Gasteiger partial charge in [-0.15, -0.1) is 11.3 Å². The molecule has 0 aromatic carbocycles. The van der Waals surface area contributed by atoms with Crippen molar-refractivity contribution in [3.63, 3.8) is 0 Å². The van der Waals surface area contributed by atoms with Gasteiger partial charge in [0.15, 0.2) is 0 Å². The zero-order valence-corrected chi connectivity index (χ0v) is 12.1. The highest BCUT2D eigenvalue weighted by atomic mass is 32.1. The lowest BCUT2D eigenvalue weighted by Crippen LogP contribution is -2.33. The summed E-state index contributed by atoms with van der Waals surface area (Å²) in [5.74, 6) is -0.776. The van der Waals surface area contributed by atoms with E-state index in [0.717, 1.165) is 0 Å². The molecule has 1 aliphatic carbocycles. The molecule has 0 amide bonds. The Labute approximate surface area is 116 Å². The molecule has 1 heterocycles. The lowest BCUT2D eigenvalue weighted by atomic mass is 9.76. The first kappa shape index (κ1) is 14.9. The van der Waals surface area contributed by atoms with Crippen LogP contribution in [0.5, 0.6) is 0 Å². The number of thiophene rings is 1. The lowest BCUT2D eigenvalue weighted by Gasteiger charge is -2.34. The Balaban J connectivity index is 2.02. The van der Waals surface area contributed by atoms with Crippen molar-refractivity contribution >= 4 is 11.3 Å². The minimum Gasteiger partial charge on any atom is -0.313 e. The third-order valence-electron chi connectivity index (χ3n) is 4.25. The third kappa shape index (κ3) is 3.31. The Morgan fingerprint density at radius 3 is 2.32 bits per heavy atom. The summed E-state index contributed by atoms with van der Waals surface area (Å²) in [4.78, 5) is 1.26. The van der Waals surface area contributed by atoms with Gasteiger partial charge in [-0.05, 0) is 62.6 Å². The number of nitrogens with one attached hydrogen (secondary N) is 1. The molecule has 2 rings (SSSR count). The molecule has 5 heteroatoms. The number of hydrogen-bond acceptors (Lipinski definition) is 2. The van der Waals surface area contributed by atoms with Crippen LogP contribution < -0.4 is 5.32 Å². The number of halogens is 3. The van der Waals surface area contributed by atoms with E-state index in [1.807, 2.05) is 7.05 Å². The van der Waals surface area contributed by atoms with Crippen LogP contribution in [0.3, 0.4) is 0 Å². The second-order valence-corrected chi connectivity index (χ2v) is 6.47. The van der Waals surface area contributed by atoms with Gasteiger partial charge in [-0.2, -0.15) is 13.2 Å². The van der Waals surface area contributed by atoms with Crippen molar-refractivity contribution < 1.29 is 13.2 Å². The second-order valence-electron chi connectivity index (χ2n) is 5.35. The summed E-state index contributed by atoms with van der Waals surface area (Å²) in [7, 11) is 1.90. The highest BCUT2D eigenvalue weighted by molar-refractivity contribution is 7.10. The Morgan fingerprint density at radius 2 is 1.89 bits per heavy atom. The van der Waals surface area contributed by atoms with Crippen molar-refractivity contribution in [2.24, 2.45) is 11.8 Å². The average Bonchev–Trinajstić information content (AvgIpc) is 2.76. The van der Waals surface area contributed by atoms with Crippen molar-refractivity contribution in [3.8, 4) is 0 Å². The third-order valence-corrected chi connectivity index (χ3v) is 5.11. The molecule has 1 aliphatic rings. The van der Waals surface area contributed by atoms with Gasteiger partial charge in [-0.3, -0.25) is 0 Å². The maximum atomic E-state index is 12.7. The molecule has 1 nitrogen and oxygen atoms in total. The zero-order chi connectivity index (χ0) is 14.0. The van der Waals surface area contributed by atoms with Crippen molar-refractivity contribution in [1.82, 2.24) is 5.32 Å². The summed E-state index contributed by atoms with van der Waals surface area (Å²) in [5, 5.41) is 5.35. The van der Waals surface area contributed by atoms with Gasteiger partial charge in [-0.25, -0.2) is 0 Å². The van der Waals surface area contributed by atoms with E-state index < -0.39 is 12.1 Å². The fourth-order valence-corrected chi connectivity index (χ4v) is 3.89. The predicted octanol–water partition coefficient (Wildman–Crippen LogP) is 4.69. The van der Waals surface area contributed by atoms with E-state index in [1.165, 1.54) is 10.4 Å². The smallest absolute Gasteiger partial charge is 0.313 e. The van der Waals surface area contributed by atoms with Gasteiger partial charge < -0.3 is 5.32 Å². The number of hydrogen-bond donors (Lipinski definition) is 1. The van der Waals surface area contributed by atoms with E-state index in [4.69, 9.17) is 0 Å². The van der Waals surface area contributed by atoms with Crippen LogP contribution in [-0.2, 0) is 0 Å². The van der Waals surface area contributed by atoms with Gasteiger partial charge in [0, 0.05) is 10.9 Å². The minimum atomic E-state index is -4.02. The summed E-state index contributed by atoms with van der Waals surface area (Å²) in [5.41, 5.74) is 1.25. The largest absolute Gasteiger partial charge is 0.391 e. The van der Waals surface area contributed by atoms with Crippen LogP contribution in [0, 0.1) is 18.8 Å². The van der Waals surface area contributed by atoms with Crippen molar-refractivity contribution in [3.05, 3.63) is 21.9 Å². The van der Waals surface area contributed by atoms with Crippen molar-refractivity contribution in [2.45, 2.75) is 44.8 Å². The predicted molar refractivity (Wildman–Crippen MR) is 72.4 cm³/mol. The van der Waals surface area contributed by atoms with Crippen LogP contribution in [0.25, 0.3) is 0 Å². The molecule has 19 heavy (non-hydrogen) atoms. The van der Waals surface area contributed by atoms with Crippen LogP contribution in [-0.4, -0.2) is 13.2 Å². The van der Waals surface area contributed by atoms with E-state index in [0.29, 0.717) is 18.8 Å². The average molecular weight is 291 g/mol. The molecule has 1 aromatic heterocycles. The van der Waals surface area contributed by atoms with Gasteiger partial charge in [0.2, 0.25) is 0 Å². The SMILES string of the molecule is CNC(c1ccsc1C)C1CCC(C(F)(F)F)CC1. The van der Waals surface area contributed by atoms with Crippen LogP contribution in [0.1, 0.15) is 42.2 Å². The number of rotatable bonds is 3. The Hall–Kier alpha value is -0.550. The Kier molecular flexibility index (Phi) is 4.56. The van der Waals surface area contributed by atoms with E-state index in [9.17, 15) is 13.2 Å². The molecule has 1 fully saturated rings. The highest BCUT2D eigenvalue weighted by Gasteiger charge is 2.42. The van der Waals surface area contributed by atoms with Crippen LogP contribution in [0.4, 0.5) is 13.2 Å². The van der Waals surface area contributed by atoms with Crippen LogP contribution in [0.2, 0.25) is 0 Å². The first-order valence-electron chi connectivity index (χ1n) is 6.71. The molecule has 0 spiro atoms. The number of aryl methyl sites for hydroxylation is 1. The topological polar surface area (TPSA) is 12.0 Å². The van der Waals surface area contributed by atoms with Crippen molar-refractivity contribution in [1.29, 1.82) is 0 Å². The molecule has 1 atom stereocenters. The minimum absolute atomic E-state index is 0.195. The molecule has 0 radical (unpaired) electrons. The van der Waals surface area contributed by atoms with Crippen LogP contribution in [0.15, 0.2) is 11.4 Å². The van der Waals surface area contributed by atoms with Gasteiger partial charge in [0.05, 0.1) is 5.92 Å². The highest BCUT2D eigenvalue weighted by Crippen LogP contribution is 2.43. The van der Waals surface area contributed by atoms with Crippen molar-refractivity contribution in [2.75, 3.05) is 7.05 Å². The standard InChI is InChI=1S/C14H20F3NS/c1-9-12(7-8-19-9)13(18-2)10-3-5-11(6-4-10)14(15,16)17/h7-8,10-11,13,18H,3-6H2,1-2H3. The summed E-state index contributed by atoms with van der Waals surface area (Å²) in [6.07, 6.45) is -2.15. The lowest BCUT2D eigenvalue weighted by molar-refractivity contribution is -0.184. The summed E-state index contributed by atoms with van der Waals surface area (Å²) in [6.45, 7) is 2.08. The molecule has 0 saturated heterocycles. The van der Waals surface area contributed by atoms with Crippen LogP contribution >= 0.6 is 11.3 Å². The maximum Gasteiger partial charge on any atom is 0.391 e. The molecule has 1 saturated carbocycles. The molecule has 1 aromatic rings. The molecular formula is C14H20F3NS. The number of alkyl halides is 3. The fourth-order valence-electron chi connectivity index (χ4n) is 3.14. The molecular weight excluding hydrogens is 271 g/mol. The van der Waals surface area contributed by atoms with Gasteiger partial charge in [0.25, 0.3) is 0 Å². The first-order valence-corrected chi connectivity index (χ1v) is 7.59. The molecule has 1 unspecified atom stereocenters. The molecule has 1 N–H and O–H groups in total. The van der Waals surface area contributed by atoms with E-state index in [-0.39, 0.29) is 18.9 Å². The maximum absolute atomic E-state index is 12.7. The summed E-state index contributed by atoms with van der Waals surface area (Å²) in [6, 6.07) is 2.29. The van der Waals surface area contributed by atoms with E-state index in [2.05, 4.69) is 23.7 Å². The van der Waals surface area contributed by atoms with Gasteiger partial charge >= 0.3 is 6.18 Å². The fraction of sp³-hybridized carbons (Fsp3) is 0.714. The Morgan fingerprint density at radius 1 is 1.26 bits per heavy atom. The van der Waals surface area contributed by atoms with E-state index in [1.54, 1.807) is 11.3 Å². The monoisotopic (exact) mass is 291 g/mol. The van der Waals surface area contributed by atoms with Gasteiger partial charge in [-0.1, -0.05) is 0 Å². The zero-order valence-electron chi connectivity index (χ0n) is 11.3. The Bertz CT molecular complexity index is 405. The molecule has 0 aliphatic heterocycles. The normalized spacial score (nSPS) is 26.4. The van der Waals surface area contributed by atoms with E-state index >= 15 is 0 Å². The first-order chi connectivity index (χ1) is 8.93. The molecule has 0 bridgehead atoms. The second kappa shape index (κ2) is 5.83. The van der Waals surface area contributed by atoms with Gasteiger partial charge in [0.1, 0.15) is 0 Å². The quantitative estimate of drug-likeness (QED) is 0.852. The summed E-state index contributed by atoms with van der Waals surface area (Å²) >= 11 is 1.70. The molecule has 108 valence electrons. The summed E-state index contributed by atoms with van der Waals surface area (Å²) < 4.78 is 38.0.